The minimum Gasteiger partial charge on any atom is -0.478 e. The van der Waals surface area contributed by atoms with Crippen LogP contribution < -0.4 is 5.32 Å². The number of halogens is 1. The third-order valence-corrected chi connectivity index (χ3v) is 1.93. The molecule has 5 heteroatoms. The lowest BCUT2D eigenvalue weighted by molar-refractivity contribution is -0.115. The third kappa shape index (κ3) is 3.59. The maximum absolute atomic E-state index is 11.1. The minimum absolute atomic E-state index is 0.186. The zero-order chi connectivity index (χ0) is 11.3. The molecule has 0 saturated heterocycles. The normalized spacial score (nSPS) is 9.67. The zero-order valence-corrected chi connectivity index (χ0v) is 8.62. The van der Waals surface area contributed by atoms with Gasteiger partial charge in [-0.15, -0.1) is 11.6 Å². The molecule has 1 aromatic carbocycles. The summed E-state index contributed by atoms with van der Waals surface area (Å²) >= 11 is 5.39. The SMILES string of the molecule is O=C(CCCl)Nc1ccc(C(=O)O)cc1. The molecule has 0 aliphatic carbocycles. The molecule has 0 spiro atoms. The summed E-state index contributed by atoms with van der Waals surface area (Å²) in [5.41, 5.74) is 0.750. The number of hydrogen-bond acceptors (Lipinski definition) is 2. The number of hydrogen-bond donors (Lipinski definition) is 2. The molecule has 0 radical (unpaired) electrons. The number of amides is 1. The summed E-state index contributed by atoms with van der Waals surface area (Å²) in [7, 11) is 0. The van der Waals surface area contributed by atoms with Crippen molar-refractivity contribution in [3.63, 3.8) is 0 Å². The van der Waals surface area contributed by atoms with E-state index in [1.807, 2.05) is 0 Å². The number of nitrogens with one attached hydrogen (secondary N) is 1. The van der Waals surface area contributed by atoms with Crippen molar-refractivity contribution in [1.82, 2.24) is 0 Å². The van der Waals surface area contributed by atoms with Crippen LogP contribution in [0.15, 0.2) is 24.3 Å². The average Bonchev–Trinajstić information content (AvgIpc) is 2.18. The summed E-state index contributed by atoms with van der Waals surface area (Å²) in [6.07, 6.45) is 0.238. The van der Waals surface area contributed by atoms with Crippen molar-refractivity contribution in [2.45, 2.75) is 6.42 Å². The van der Waals surface area contributed by atoms with Crippen LogP contribution in [0, 0.1) is 0 Å². The van der Waals surface area contributed by atoms with Gasteiger partial charge in [0, 0.05) is 18.0 Å². The van der Waals surface area contributed by atoms with E-state index in [0.29, 0.717) is 5.69 Å². The molecule has 2 N–H and O–H groups in total. The molecular formula is C10H10ClNO3. The zero-order valence-electron chi connectivity index (χ0n) is 7.87. The van der Waals surface area contributed by atoms with Crippen molar-refractivity contribution in [2.75, 3.05) is 11.2 Å². The van der Waals surface area contributed by atoms with Gasteiger partial charge in [-0.25, -0.2) is 4.79 Å². The Bertz CT molecular complexity index is 361. The quantitative estimate of drug-likeness (QED) is 0.773. The Hall–Kier alpha value is -1.55. The maximum atomic E-state index is 11.1. The van der Waals surface area contributed by atoms with E-state index in [1.165, 1.54) is 24.3 Å². The number of aromatic carboxylic acids is 1. The standard InChI is InChI=1S/C10H10ClNO3/c11-6-5-9(13)12-8-3-1-7(2-4-8)10(14)15/h1-4H,5-6H2,(H,12,13)(H,14,15). The number of benzene rings is 1. The van der Waals surface area contributed by atoms with E-state index in [4.69, 9.17) is 16.7 Å². The number of carbonyl (C=O) groups is 2. The molecular weight excluding hydrogens is 218 g/mol. The highest BCUT2D eigenvalue weighted by Gasteiger charge is 2.03. The Labute approximate surface area is 91.9 Å². The van der Waals surface area contributed by atoms with Crippen LogP contribution in [0.4, 0.5) is 5.69 Å². The maximum Gasteiger partial charge on any atom is 0.335 e. The van der Waals surface area contributed by atoms with Crippen molar-refractivity contribution in [3.05, 3.63) is 29.8 Å². The molecule has 1 rings (SSSR count). The van der Waals surface area contributed by atoms with Gasteiger partial charge in [0.1, 0.15) is 0 Å². The van der Waals surface area contributed by atoms with Gasteiger partial charge in [0.25, 0.3) is 0 Å². The second-order valence-corrected chi connectivity index (χ2v) is 3.25. The van der Waals surface area contributed by atoms with Crippen molar-refractivity contribution < 1.29 is 14.7 Å². The van der Waals surface area contributed by atoms with Crippen LogP contribution in [-0.2, 0) is 4.79 Å². The van der Waals surface area contributed by atoms with Gasteiger partial charge in [-0.2, -0.15) is 0 Å². The van der Waals surface area contributed by atoms with Crippen molar-refractivity contribution in [1.29, 1.82) is 0 Å². The van der Waals surface area contributed by atoms with E-state index in [9.17, 15) is 9.59 Å². The lowest BCUT2D eigenvalue weighted by atomic mass is 10.2. The first-order valence-electron chi connectivity index (χ1n) is 4.32. The number of carboxylic acid groups (broad SMARTS) is 1. The fourth-order valence-electron chi connectivity index (χ4n) is 1.01. The topological polar surface area (TPSA) is 66.4 Å². The van der Waals surface area contributed by atoms with Crippen LogP contribution in [0.25, 0.3) is 0 Å². The molecule has 1 amide bonds. The van der Waals surface area contributed by atoms with E-state index >= 15 is 0 Å². The molecule has 4 nitrogen and oxygen atoms in total. The number of rotatable bonds is 4. The Morgan fingerprint density at radius 2 is 1.87 bits per heavy atom. The van der Waals surface area contributed by atoms with Crippen LogP contribution in [0.2, 0.25) is 0 Å². The molecule has 0 aromatic heterocycles. The fourth-order valence-corrected chi connectivity index (χ4v) is 1.18. The van der Waals surface area contributed by atoms with Gasteiger partial charge < -0.3 is 10.4 Å². The van der Waals surface area contributed by atoms with Gasteiger partial charge in [-0.3, -0.25) is 4.79 Å². The fraction of sp³-hybridized carbons (Fsp3) is 0.200. The van der Waals surface area contributed by atoms with Crippen LogP contribution >= 0.6 is 11.6 Å². The molecule has 0 heterocycles. The monoisotopic (exact) mass is 227 g/mol. The summed E-state index contributed by atoms with van der Waals surface area (Å²) in [6.45, 7) is 0. The van der Waals surface area contributed by atoms with Crippen molar-refractivity contribution >= 4 is 29.2 Å². The number of carbonyl (C=O) groups excluding carboxylic acids is 1. The highest BCUT2D eigenvalue weighted by molar-refractivity contribution is 6.19. The number of anilines is 1. The van der Waals surface area contributed by atoms with Crippen LogP contribution in [0.1, 0.15) is 16.8 Å². The first-order chi connectivity index (χ1) is 7.13. The van der Waals surface area contributed by atoms with Crippen LogP contribution in [0.3, 0.4) is 0 Å². The van der Waals surface area contributed by atoms with Gasteiger partial charge in [0.15, 0.2) is 0 Å². The Kier molecular flexibility index (Phi) is 4.12. The number of carboxylic acids is 1. The second-order valence-electron chi connectivity index (χ2n) is 2.87. The third-order valence-electron chi connectivity index (χ3n) is 1.74. The molecule has 0 fully saturated rings. The summed E-state index contributed by atoms with van der Waals surface area (Å²) in [6, 6.07) is 5.93. The first-order valence-corrected chi connectivity index (χ1v) is 4.86. The highest BCUT2D eigenvalue weighted by atomic mass is 35.5. The molecule has 0 atom stereocenters. The first kappa shape index (κ1) is 11.5. The molecule has 1 aromatic rings. The molecule has 0 saturated carbocycles. The summed E-state index contributed by atoms with van der Waals surface area (Å²) < 4.78 is 0. The van der Waals surface area contributed by atoms with E-state index in [2.05, 4.69) is 5.32 Å². The van der Waals surface area contributed by atoms with E-state index < -0.39 is 5.97 Å². The van der Waals surface area contributed by atoms with Crippen molar-refractivity contribution in [3.8, 4) is 0 Å². The Balaban J connectivity index is 2.64. The summed E-state index contributed by atoms with van der Waals surface area (Å²) in [4.78, 5) is 21.7. The van der Waals surface area contributed by atoms with Crippen LogP contribution in [-0.4, -0.2) is 22.9 Å². The van der Waals surface area contributed by atoms with Gasteiger partial charge in [0.05, 0.1) is 5.56 Å². The molecule has 15 heavy (non-hydrogen) atoms. The van der Waals surface area contributed by atoms with Crippen LogP contribution in [0.5, 0.6) is 0 Å². The van der Waals surface area contributed by atoms with Gasteiger partial charge >= 0.3 is 5.97 Å². The second kappa shape index (κ2) is 5.36. The molecule has 0 unspecified atom stereocenters. The summed E-state index contributed by atoms with van der Waals surface area (Å²) in [5, 5.41) is 11.2. The summed E-state index contributed by atoms with van der Waals surface area (Å²) in [5.74, 6) is -0.916. The Morgan fingerprint density at radius 3 is 2.33 bits per heavy atom. The predicted octanol–water partition coefficient (Wildman–Crippen LogP) is 1.95. The van der Waals surface area contributed by atoms with E-state index in [1.54, 1.807) is 0 Å². The lowest BCUT2D eigenvalue weighted by Gasteiger charge is -2.03. The predicted molar refractivity (Wildman–Crippen MR) is 57.4 cm³/mol. The molecule has 80 valence electrons. The van der Waals surface area contributed by atoms with Gasteiger partial charge in [0.2, 0.25) is 5.91 Å². The molecule has 0 bridgehead atoms. The van der Waals surface area contributed by atoms with E-state index in [-0.39, 0.29) is 23.8 Å². The van der Waals surface area contributed by atoms with Gasteiger partial charge in [-0.1, -0.05) is 0 Å². The average molecular weight is 228 g/mol. The lowest BCUT2D eigenvalue weighted by Crippen LogP contribution is -2.11. The highest BCUT2D eigenvalue weighted by Crippen LogP contribution is 2.09. The Morgan fingerprint density at radius 1 is 1.27 bits per heavy atom. The smallest absolute Gasteiger partial charge is 0.335 e. The largest absolute Gasteiger partial charge is 0.478 e. The van der Waals surface area contributed by atoms with E-state index in [0.717, 1.165) is 0 Å². The minimum atomic E-state index is -0.992. The number of alkyl halides is 1. The molecule has 0 aliphatic heterocycles. The van der Waals surface area contributed by atoms with Gasteiger partial charge in [-0.05, 0) is 24.3 Å². The van der Waals surface area contributed by atoms with Crippen molar-refractivity contribution in [2.24, 2.45) is 0 Å². The molecule has 0 aliphatic rings.